The van der Waals surface area contributed by atoms with Gasteiger partial charge >= 0.3 is 0 Å². The molecule has 1 saturated heterocycles. The third-order valence-corrected chi connectivity index (χ3v) is 4.94. The van der Waals surface area contributed by atoms with Crippen molar-refractivity contribution >= 4 is 23.2 Å². The van der Waals surface area contributed by atoms with Crippen molar-refractivity contribution in [2.45, 2.75) is 6.04 Å². The lowest BCUT2D eigenvalue weighted by atomic mass is 10.1. The van der Waals surface area contributed by atoms with E-state index in [4.69, 9.17) is 0 Å². The fourth-order valence-corrected chi connectivity index (χ4v) is 3.55. The maximum absolute atomic E-state index is 12.8. The lowest BCUT2D eigenvalue weighted by Crippen LogP contribution is -2.51. The lowest BCUT2D eigenvalue weighted by molar-refractivity contribution is -0.135. The van der Waals surface area contributed by atoms with Gasteiger partial charge in [0.15, 0.2) is 0 Å². The van der Waals surface area contributed by atoms with Gasteiger partial charge in [0, 0.05) is 39.1 Å². The number of thiophene rings is 1. The van der Waals surface area contributed by atoms with E-state index < -0.39 is 0 Å². The van der Waals surface area contributed by atoms with Crippen LogP contribution in [0.3, 0.4) is 0 Å². The number of hydrogen-bond acceptors (Lipinski definition) is 5. The Morgan fingerprint density at radius 2 is 2.29 bits per heavy atom. The minimum atomic E-state index is -0.119. The number of pyridine rings is 1. The van der Waals surface area contributed by atoms with Crippen molar-refractivity contribution in [1.82, 2.24) is 20.1 Å². The SMILES string of the molecule is CN(CC(=O)N1CCNCC1c1cccnc1)C(=O)c1cccs1. The Morgan fingerprint density at radius 3 is 3.00 bits per heavy atom. The van der Waals surface area contributed by atoms with E-state index in [1.807, 2.05) is 28.5 Å². The van der Waals surface area contributed by atoms with E-state index in [2.05, 4.69) is 10.3 Å². The first-order chi connectivity index (χ1) is 11.7. The number of amides is 2. The number of hydrogen-bond donors (Lipinski definition) is 1. The van der Waals surface area contributed by atoms with Crippen LogP contribution in [0.5, 0.6) is 0 Å². The number of nitrogens with zero attached hydrogens (tertiary/aromatic N) is 3. The number of likely N-dealkylation sites (N-methyl/N-ethyl adjacent to an activating group) is 1. The van der Waals surface area contributed by atoms with Crippen LogP contribution in [0.15, 0.2) is 42.0 Å². The molecule has 1 atom stereocenters. The molecule has 1 unspecified atom stereocenters. The molecule has 2 amide bonds. The Morgan fingerprint density at radius 1 is 1.42 bits per heavy atom. The van der Waals surface area contributed by atoms with Crippen LogP contribution in [0.25, 0.3) is 0 Å². The lowest BCUT2D eigenvalue weighted by Gasteiger charge is -2.37. The molecule has 1 aliphatic heterocycles. The molecule has 1 N–H and O–H groups in total. The summed E-state index contributed by atoms with van der Waals surface area (Å²) < 4.78 is 0. The average Bonchev–Trinajstić information content (AvgIpc) is 3.16. The maximum atomic E-state index is 12.8. The third kappa shape index (κ3) is 3.63. The molecule has 126 valence electrons. The monoisotopic (exact) mass is 344 g/mol. The highest BCUT2D eigenvalue weighted by atomic mass is 32.1. The summed E-state index contributed by atoms with van der Waals surface area (Å²) in [5, 5.41) is 5.17. The van der Waals surface area contributed by atoms with Crippen LogP contribution in [-0.4, -0.2) is 59.8 Å². The molecule has 0 aliphatic carbocycles. The molecule has 3 rings (SSSR count). The van der Waals surface area contributed by atoms with Crippen LogP contribution < -0.4 is 5.32 Å². The number of nitrogens with one attached hydrogen (secondary N) is 1. The topological polar surface area (TPSA) is 65.5 Å². The second-order valence-corrected chi connectivity index (χ2v) is 6.68. The second kappa shape index (κ2) is 7.55. The summed E-state index contributed by atoms with van der Waals surface area (Å²) in [7, 11) is 1.67. The van der Waals surface area contributed by atoms with Gasteiger partial charge in [-0.3, -0.25) is 14.6 Å². The average molecular weight is 344 g/mol. The zero-order valence-electron chi connectivity index (χ0n) is 13.5. The molecule has 0 bridgehead atoms. The van der Waals surface area contributed by atoms with Crippen LogP contribution in [0, 0.1) is 0 Å². The molecule has 3 heterocycles. The molecule has 0 saturated carbocycles. The number of rotatable bonds is 4. The first kappa shape index (κ1) is 16.6. The van der Waals surface area contributed by atoms with Gasteiger partial charge in [0.2, 0.25) is 5.91 Å². The molecule has 24 heavy (non-hydrogen) atoms. The van der Waals surface area contributed by atoms with Crippen molar-refractivity contribution in [2.24, 2.45) is 0 Å². The van der Waals surface area contributed by atoms with Gasteiger partial charge in [-0.25, -0.2) is 0 Å². The standard InChI is InChI=1S/C17H20N4O2S/c1-20(17(23)15-5-3-9-24-15)12-16(22)21-8-7-19-11-14(21)13-4-2-6-18-10-13/h2-6,9-10,14,19H,7-8,11-12H2,1H3. The van der Waals surface area contributed by atoms with Gasteiger partial charge in [-0.15, -0.1) is 11.3 Å². The molecular formula is C17H20N4O2S. The normalized spacial score (nSPS) is 17.5. The van der Waals surface area contributed by atoms with Crippen LogP contribution in [0.4, 0.5) is 0 Å². The first-order valence-electron chi connectivity index (χ1n) is 7.86. The number of carbonyl (C=O) groups excluding carboxylic acids is 2. The van der Waals surface area contributed by atoms with Crippen molar-refractivity contribution in [3.05, 3.63) is 52.5 Å². The summed E-state index contributed by atoms with van der Waals surface area (Å²) in [4.78, 5) is 33.2. The van der Waals surface area contributed by atoms with E-state index in [-0.39, 0.29) is 24.4 Å². The van der Waals surface area contributed by atoms with Crippen molar-refractivity contribution in [2.75, 3.05) is 33.2 Å². The third-order valence-electron chi connectivity index (χ3n) is 4.08. The molecule has 1 aliphatic rings. The Balaban J connectivity index is 1.69. The Labute approximate surface area is 145 Å². The fourth-order valence-electron chi connectivity index (χ4n) is 2.83. The number of carbonyl (C=O) groups is 2. The fraction of sp³-hybridized carbons (Fsp3) is 0.353. The molecular weight excluding hydrogens is 324 g/mol. The van der Waals surface area contributed by atoms with Gasteiger partial charge in [-0.1, -0.05) is 12.1 Å². The molecule has 2 aromatic rings. The highest BCUT2D eigenvalue weighted by Gasteiger charge is 2.29. The van der Waals surface area contributed by atoms with Crippen molar-refractivity contribution in [1.29, 1.82) is 0 Å². The van der Waals surface area contributed by atoms with Crippen molar-refractivity contribution < 1.29 is 9.59 Å². The number of aromatic nitrogens is 1. The van der Waals surface area contributed by atoms with E-state index in [1.165, 1.54) is 16.2 Å². The van der Waals surface area contributed by atoms with Crippen LogP contribution in [0.1, 0.15) is 21.3 Å². The molecule has 2 aromatic heterocycles. The summed E-state index contributed by atoms with van der Waals surface area (Å²) >= 11 is 1.39. The Bertz CT molecular complexity index is 690. The van der Waals surface area contributed by atoms with Gasteiger partial charge < -0.3 is 15.1 Å². The molecule has 0 aromatic carbocycles. The van der Waals surface area contributed by atoms with Crippen LogP contribution >= 0.6 is 11.3 Å². The summed E-state index contributed by atoms with van der Waals surface area (Å²) in [5.74, 6) is -0.163. The molecule has 7 heteroatoms. The summed E-state index contributed by atoms with van der Waals surface area (Å²) in [5.41, 5.74) is 1.00. The molecule has 0 radical (unpaired) electrons. The predicted octanol–water partition coefficient (Wildman–Crippen LogP) is 1.39. The Hall–Kier alpha value is -2.25. The zero-order valence-corrected chi connectivity index (χ0v) is 14.3. The van der Waals surface area contributed by atoms with E-state index in [0.29, 0.717) is 18.0 Å². The summed E-state index contributed by atoms with van der Waals surface area (Å²) in [6.45, 7) is 2.15. The number of piperazine rings is 1. The largest absolute Gasteiger partial charge is 0.332 e. The molecule has 0 spiro atoms. The zero-order chi connectivity index (χ0) is 16.9. The quantitative estimate of drug-likeness (QED) is 0.910. The highest BCUT2D eigenvalue weighted by molar-refractivity contribution is 7.12. The summed E-state index contributed by atoms with van der Waals surface area (Å²) in [6.07, 6.45) is 3.51. The molecule has 6 nitrogen and oxygen atoms in total. The van der Waals surface area contributed by atoms with Crippen LogP contribution in [0.2, 0.25) is 0 Å². The highest BCUT2D eigenvalue weighted by Crippen LogP contribution is 2.22. The summed E-state index contributed by atoms with van der Waals surface area (Å²) in [6, 6.07) is 7.41. The predicted molar refractivity (Wildman–Crippen MR) is 92.8 cm³/mol. The van der Waals surface area contributed by atoms with Crippen molar-refractivity contribution in [3.8, 4) is 0 Å². The minimum Gasteiger partial charge on any atom is -0.332 e. The van der Waals surface area contributed by atoms with E-state index in [0.717, 1.165) is 12.1 Å². The Kier molecular flexibility index (Phi) is 5.22. The van der Waals surface area contributed by atoms with Gasteiger partial charge in [-0.05, 0) is 23.1 Å². The first-order valence-corrected chi connectivity index (χ1v) is 8.74. The van der Waals surface area contributed by atoms with Gasteiger partial charge in [0.1, 0.15) is 0 Å². The van der Waals surface area contributed by atoms with Crippen LogP contribution in [-0.2, 0) is 4.79 Å². The van der Waals surface area contributed by atoms with E-state index in [1.54, 1.807) is 25.5 Å². The smallest absolute Gasteiger partial charge is 0.264 e. The van der Waals surface area contributed by atoms with Gasteiger partial charge in [0.25, 0.3) is 5.91 Å². The van der Waals surface area contributed by atoms with E-state index >= 15 is 0 Å². The molecule has 1 fully saturated rings. The van der Waals surface area contributed by atoms with Crippen molar-refractivity contribution in [3.63, 3.8) is 0 Å². The second-order valence-electron chi connectivity index (χ2n) is 5.73. The van der Waals surface area contributed by atoms with Gasteiger partial charge in [0.05, 0.1) is 17.5 Å². The van der Waals surface area contributed by atoms with E-state index in [9.17, 15) is 9.59 Å². The van der Waals surface area contributed by atoms with Gasteiger partial charge in [-0.2, -0.15) is 0 Å². The minimum absolute atomic E-state index is 0.0437. The maximum Gasteiger partial charge on any atom is 0.264 e.